The van der Waals surface area contributed by atoms with Crippen molar-refractivity contribution in [2.45, 2.75) is 45.6 Å². The first-order chi connectivity index (χ1) is 7.68. The zero-order chi connectivity index (χ0) is 12.0. The van der Waals surface area contributed by atoms with Gasteiger partial charge in [0.05, 0.1) is 6.61 Å². The molecular formula is C13H28N2O. The van der Waals surface area contributed by atoms with Crippen LogP contribution in [0.25, 0.3) is 0 Å². The van der Waals surface area contributed by atoms with Crippen molar-refractivity contribution < 1.29 is 5.11 Å². The molecule has 0 amide bonds. The van der Waals surface area contributed by atoms with E-state index in [4.69, 9.17) is 0 Å². The average Bonchev–Trinajstić information content (AvgIpc) is 2.67. The first-order valence-corrected chi connectivity index (χ1v) is 6.76. The molecule has 3 nitrogen and oxygen atoms in total. The van der Waals surface area contributed by atoms with Gasteiger partial charge in [0.25, 0.3) is 0 Å². The molecule has 0 bridgehead atoms. The smallest absolute Gasteiger partial charge is 0.0615 e. The van der Waals surface area contributed by atoms with Crippen molar-refractivity contribution >= 4 is 0 Å². The van der Waals surface area contributed by atoms with Crippen LogP contribution >= 0.6 is 0 Å². The van der Waals surface area contributed by atoms with E-state index in [0.29, 0.717) is 5.92 Å². The predicted octanol–water partition coefficient (Wildman–Crippen LogP) is 1.47. The minimum atomic E-state index is 0.00710. The molecule has 0 aromatic rings. The molecule has 0 saturated heterocycles. The second kappa shape index (κ2) is 6.58. The molecule has 0 aromatic carbocycles. The van der Waals surface area contributed by atoms with E-state index in [-0.39, 0.29) is 12.1 Å². The zero-order valence-corrected chi connectivity index (χ0v) is 11.1. The van der Waals surface area contributed by atoms with Gasteiger partial charge in [0.2, 0.25) is 0 Å². The van der Waals surface area contributed by atoms with Crippen LogP contribution in [0.1, 0.15) is 40.0 Å². The summed E-state index contributed by atoms with van der Waals surface area (Å²) in [7, 11) is 0. The van der Waals surface area contributed by atoms with Crippen LogP contribution in [0.4, 0.5) is 0 Å². The molecule has 1 aliphatic carbocycles. The molecular weight excluding hydrogens is 200 g/mol. The molecule has 0 heterocycles. The molecule has 2 atom stereocenters. The van der Waals surface area contributed by atoms with Gasteiger partial charge in [-0.3, -0.25) is 0 Å². The van der Waals surface area contributed by atoms with Crippen LogP contribution in [-0.4, -0.2) is 48.3 Å². The third kappa shape index (κ3) is 3.19. The number of aliphatic hydroxyl groups excluding tert-OH is 1. The molecule has 2 unspecified atom stereocenters. The number of nitrogens with zero attached hydrogens (tertiary/aromatic N) is 1. The second-order valence-corrected chi connectivity index (χ2v) is 5.06. The zero-order valence-electron chi connectivity index (χ0n) is 11.1. The molecule has 16 heavy (non-hydrogen) atoms. The fourth-order valence-electron chi connectivity index (χ4n) is 2.80. The van der Waals surface area contributed by atoms with Crippen LogP contribution in [0.5, 0.6) is 0 Å². The normalized spacial score (nSPS) is 30.2. The Balaban J connectivity index is 2.34. The van der Waals surface area contributed by atoms with Gasteiger partial charge in [-0.15, -0.1) is 0 Å². The Morgan fingerprint density at radius 3 is 2.50 bits per heavy atom. The van der Waals surface area contributed by atoms with Crippen LogP contribution < -0.4 is 5.32 Å². The van der Waals surface area contributed by atoms with Gasteiger partial charge in [-0.05, 0) is 31.8 Å². The van der Waals surface area contributed by atoms with Gasteiger partial charge in [0, 0.05) is 18.6 Å². The van der Waals surface area contributed by atoms with E-state index >= 15 is 0 Å². The van der Waals surface area contributed by atoms with Crippen molar-refractivity contribution in [2.24, 2.45) is 5.92 Å². The Morgan fingerprint density at radius 1 is 1.38 bits per heavy atom. The molecule has 0 spiro atoms. The molecule has 2 N–H and O–H groups in total. The highest BCUT2D eigenvalue weighted by Crippen LogP contribution is 2.34. The summed E-state index contributed by atoms with van der Waals surface area (Å²) < 4.78 is 0. The maximum absolute atomic E-state index is 9.59. The van der Waals surface area contributed by atoms with Crippen molar-refractivity contribution in [3.05, 3.63) is 0 Å². The maximum Gasteiger partial charge on any atom is 0.0615 e. The first kappa shape index (κ1) is 13.9. The van der Waals surface area contributed by atoms with Gasteiger partial charge >= 0.3 is 0 Å². The summed E-state index contributed by atoms with van der Waals surface area (Å²) in [6.07, 6.45) is 3.63. The summed E-state index contributed by atoms with van der Waals surface area (Å²) in [5.41, 5.74) is 0.00710. The first-order valence-electron chi connectivity index (χ1n) is 6.76. The van der Waals surface area contributed by atoms with Crippen molar-refractivity contribution in [1.29, 1.82) is 0 Å². The van der Waals surface area contributed by atoms with Crippen LogP contribution in [0, 0.1) is 5.92 Å². The Hall–Kier alpha value is -0.120. The van der Waals surface area contributed by atoms with Crippen molar-refractivity contribution in [1.82, 2.24) is 10.2 Å². The molecule has 3 heteroatoms. The molecule has 1 aliphatic rings. The van der Waals surface area contributed by atoms with E-state index in [9.17, 15) is 5.11 Å². The van der Waals surface area contributed by atoms with Crippen LogP contribution in [-0.2, 0) is 0 Å². The number of rotatable bonds is 7. The molecule has 1 rings (SSSR count). The average molecular weight is 228 g/mol. The number of likely N-dealkylation sites (N-methyl/N-ethyl adjacent to an activating group) is 1. The lowest BCUT2D eigenvalue weighted by atomic mass is 9.89. The topological polar surface area (TPSA) is 35.5 Å². The SMILES string of the molecule is CCN(CC)CCNC1(CO)CCCC1C. The number of hydrogen-bond donors (Lipinski definition) is 2. The van der Waals surface area contributed by atoms with E-state index in [2.05, 4.69) is 31.0 Å². The summed E-state index contributed by atoms with van der Waals surface area (Å²) in [4.78, 5) is 2.41. The number of nitrogens with one attached hydrogen (secondary N) is 1. The van der Waals surface area contributed by atoms with E-state index in [0.717, 1.165) is 32.6 Å². The lowest BCUT2D eigenvalue weighted by Crippen LogP contribution is -2.52. The maximum atomic E-state index is 9.59. The summed E-state index contributed by atoms with van der Waals surface area (Å²) in [5.74, 6) is 0.606. The Labute approximate surface area is 100 Å². The van der Waals surface area contributed by atoms with E-state index in [1.165, 1.54) is 12.8 Å². The second-order valence-electron chi connectivity index (χ2n) is 5.06. The van der Waals surface area contributed by atoms with Gasteiger partial charge in [-0.2, -0.15) is 0 Å². The molecule has 96 valence electrons. The van der Waals surface area contributed by atoms with Crippen LogP contribution in [0.15, 0.2) is 0 Å². The quantitative estimate of drug-likeness (QED) is 0.692. The monoisotopic (exact) mass is 228 g/mol. The highest BCUT2D eigenvalue weighted by atomic mass is 16.3. The van der Waals surface area contributed by atoms with Gasteiger partial charge in [-0.25, -0.2) is 0 Å². The highest BCUT2D eigenvalue weighted by molar-refractivity contribution is 4.97. The highest BCUT2D eigenvalue weighted by Gasteiger charge is 2.38. The molecule has 1 fully saturated rings. The Bertz CT molecular complexity index is 194. The van der Waals surface area contributed by atoms with E-state index in [1.54, 1.807) is 0 Å². The molecule has 0 aliphatic heterocycles. The van der Waals surface area contributed by atoms with Crippen molar-refractivity contribution in [3.63, 3.8) is 0 Å². The fourth-order valence-corrected chi connectivity index (χ4v) is 2.80. The molecule has 1 saturated carbocycles. The molecule has 0 radical (unpaired) electrons. The largest absolute Gasteiger partial charge is 0.394 e. The Kier molecular flexibility index (Phi) is 5.73. The van der Waals surface area contributed by atoms with Gasteiger partial charge < -0.3 is 15.3 Å². The predicted molar refractivity (Wildman–Crippen MR) is 68.6 cm³/mol. The Morgan fingerprint density at radius 2 is 2.06 bits per heavy atom. The minimum absolute atomic E-state index is 0.00710. The minimum Gasteiger partial charge on any atom is -0.394 e. The van der Waals surface area contributed by atoms with Gasteiger partial charge in [0.15, 0.2) is 0 Å². The summed E-state index contributed by atoms with van der Waals surface area (Å²) in [6, 6.07) is 0. The van der Waals surface area contributed by atoms with Gasteiger partial charge in [0.1, 0.15) is 0 Å². The fraction of sp³-hybridized carbons (Fsp3) is 1.00. The van der Waals surface area contributed by atoms with Crippen LogP contribution in [0.2, 0.25) is 0 Å². The van der Waals surface area contributed by atoms with Crippen LogP contribution in [0.3, 0.4) is 0 Å². The van der Waals surface area contributed by atoms with E-state index < -0.39 is 0 Å². The number of hydrogen-bond acceptors (Lipinski definition) is 3. The standard InChI is InChI=1S/C13H28N2O/c1-4-15(5-2)10-9-14-13(11-16)8-6-7-12(13)3/h12,14,16H,4-11H2,1-3H3. The summed E-state index contributed by atoms with van der Waals surface area (Å²) >= 11 is 0. The lowest BCUT2D eigenvalue weighted by Gasteiger charge is -2.34. The summed E-state index contributed by atoms with van der Waals surface area (Å²) in [5, 5.41) is 13.2. The molecule has 0 aromatic heterocycles. The van der Waals surface area contributed by atoms with Gasteiger partial charge in [-0.1, -0.05) is 27.2 Å². The number of aliphatic hydroxyl groups is 1. The third-order valence-corrected chi connectivity index (χ3v) is 4.29. The lowest BCUT2D eigenvalue weighted by molar-refractivity contribution is 0.126. The third-order valence-electron chi connectivity index (χ3n) is 4.29. The summed E-state index contributed by atoms with van der Waals surface area (Å²) in [6.45, 7) is 11.2. The van der Waals surface area contributed by atoms with E-state index in [1.807, 2.05) is 0 Å². The van der Waals surface area contributed by atoms with Crippen molar-refractivity contribution in [2.75, 3.05) is 32.8 Å². The van der Waals surface area contributed by atoms with Crippen molar-refractivity contribution in [3.8, 4) is 0 Å².